The number of rotatable bonds is 4. The number of aryl methyl sites for hydroxylation is 3. The van der Waals surface area contributed by atoms with Gasteiger partial charge in [0.05, 0.1) is 13.2 Å². The number of fused-ring (bicyclic) bond motifs is 1. The van der Waals surface area contributed by atoms with Crippen LogP contribution in [-0.4, -0.2) is 12.2 Å². The molecular formula is C19H22O2. The van der Waals surface area contributed by atoms with Gasteiger partial charge in [0, 0.05) is 12.0 Å². The van der Waals surface area contributed by atoms with Crippen molar-refractivity contribution in [3.8, 4) is 5.75 Å². The van der Waals surface area contributed by atoms with Crippen molar-refractivity contribution >= 4 is 0 Å². The Morgan fingerprint density at radius 2 is 1.90 bits per heavy atom. The van der Waals surface area contributed by atoms with Gasteiger partial charge in [-0.05, 0) is 54.5 Å². The van der Waals surface area contributed by atoms with Gasteiger partial charge in [0.15, 0.2) is 0 Å². The number of hydrogen-bond donors (Lipinski definition) is 1. The van der Waals surface area contributed by atoms with E-state index in [1.54, 1.807) is 7.11 Å². The van der Waals surface area contributed by atoms with Gasteiger partial charge >= 0.3 is 0 Å². The second kappa shape index (κ2) is 5.90. The van der Waals surface area contributed by atoms with Crippen LogP contribution in [0.5, 0.6) is 5.75 Å². The molecule has 0 amide bonds. The molecule has 2 nitrogen and oxygen atoms in total. The maximum absolute atomic E-state index is 10.5. The Kier molecular flexibility index (Phi) is 3.98. The molecule has 2 aromatic rings. The molecule has 1 unspecified atom stereocenters. The van der Waals surface area contributed by atoms with Crippen LogP contribution in [0.25, 0.3) is 0 Å². The second-order valence-corrected chi connectivity index (χ2v) is 5.92. The highest BCUT2D eigenvalue weighted by Crippen LogP contribution is 2.30. The monoisotopic (exact) mass is 282 g/mol. The highest BCUT2D eigenvalue weighted by Gasteiger charge is 2.16. The Hall–Kier alpha value is -1.80. The highest BCUT2D eigenvalue weighted by atomic mass is 16.5. The third-order valence-electron chi connectivity index (χ3n) is 4.34. The lowest BCUT2D eigenvalue weighted by Gasteiger charge is -2.16. The predicted octanol–water partition coefficient (Wildman–Crippen LogP) is 3.77. The molecule has 21 heavy (non-hydrogen) atoms. The number of ether oxygens (including phenoxy) is 1. The molecule has 1 aliphatic rings. The average Bonchev–Trinajstić information content (AvgIpc) is 2.94. The Bertz CT molecular complexity index is 646. The maximum Gasteiger partial charge on any atom is 0.124 e. The van der Waals surface area contributed by atoms with E-state index in [4.69, 9.17) is 4.74 Å². The summed E-state index contributed by atoms with van der Waals surface area (Å²) in [6.45, 7) is 2.03. The zero-order chi connectivity index (χ0) is 14.8. The number of methoxy groups -OCH3 is 1. The van der Waals surface area contributed by atoms with E-state index in [-0.39, 0.29) is 0 Å². The summed E-state index contributed by atoms with van der Waals surface area (Å²) in [6.07, 6.45) is 3.73. The van der Waals surface area contributed by atoms with Gasteiger partial charge in [-0.2, -0.15) is 0 Å². The second-order valence-electron chi connectivity index (χ2n) is 5.92. The first-order valence-corrected chi connectivity index (χ1v) is 7.60. The smallest absolute Gasteiger partial charge is 0.124 e. The molecule has 1 atom stereocenters. The van der Waals surface area contributed by atoms with Crippen LogP contribution in [0.3, 0.4) is 0 Å². The molecule has 0 radical (unpaired) electrons. The molecule has 1 aliphatic carbocycles. The normalized spacial score (nSPS) is 14.8. The summed E-state index contributed by atoms with van der Waals surface area (Å²) in [4.78, 5) is 0. The van der Waals surface area contributed by atoms with Crippen LogP contribution in [0.4, 0.5) is 0 Å². The molecule has 0 heterocycles. The van der Waals surface area contributed by atoms with Gasteiger partial charge < -0.3 is 9.84 Å². The standard InChI is InChI=1S/C19H22O2/c1-13-6-9-17(19(10-13)21-2)18(20)12-14-7-8-15-4-3-5-16(15)11-14/h6-11,18,20H,3-5,12H2,1-2H3. The van der Waals surface area contributed by atoms with Crippen molar-refractivity contribution in [2.24, 2.45) is 0 Å². The SMILES string of the molecule is COc1cc(C)ccc1C(O)Cc1ccc2c(c1)CCC2. The first-order chi connectivity index (χ1) is 10.2. The molecule has 0 fully saturated rings. The summed E-state index contributed by atoms with van der Waals surface area (Å²) in [7, 11) is 1.65. The van der Waals surface area contributed by atoms with Crippen molar-refractivity contribution in [2.75, 3.05) is 7.11 Å². The predicted molar refractivity (Wildman–Crippen MR) is 84.9 cm³/mol. The van der Waals surface area contributed by atoms with Gasteiger partial charge in [-0.15, -0.1) is 0 Å². The minimum atomic E-state index is -0.528. The number of benzene rings is 2. The van der Waals surface area contributed by atoms with Crippen molar-refractivity contribution in [1.29, 1.82) is 0 Å². The Morgan fingerprint density at radius 1 is 1.10 bits per heavy atom. The van der Waals surface area contributed by atoms with Crippen molar-refractivity contribution in [3.05, 3.63) is 64.2 Å². The molecule has 1 N–H and O–H groups in total. The number of hydrogen-bond acceptors (Lipinski definition) is 2. The van der Waals surface area contributed by atoms with Crippen LogP contribution in [0, 0.1) is 6.92 Å². The molecule has 0 aliphatic heterocycles. The lowest BCUT2D eigenvalue weighted by atomic mass is 9.97. The van der Waals surface area contributed by atoms with Crippen LogP contribution >= 0.6 is 0 Å². The first kappa shape index (κ1) is 14.2. The van der Waals surface area contributed by atoms with E-state index >= 15 is 0 Å². The Labute approximate surface area is 126 Å². The minimum absolute atomic E-state index is 0.528. The van der Waals surface area contributed by atoms with E-state index in [0.29, 0.717) is 6.42 Å². The molecule has 0 bridgehead atoms. The summed E-state index contributed by atoms with van der Waals surface area (Å²) in [5, 5.41) is 10.5. The molecule has 2 heteroatoms. The van der Waals surface area contributed by atoms with E-state index in [1.165, 1.54) is 36.0 Å². The van der Waals surface area contributed by atoms with Crippen LogP contribution in [0.15, 0.2) is 36.4 Å². The molecule has 0 aromatic heterocycles. The van der Waals surface area contributed by atoms with E-state index in [2.05, 4.69) is 18.2 Å². The first-order valence-electron chi connectivity index (χ1n) is 7.60. The molecule has 0 saturated heterocycles. The third kappa shape index (κ3) is 2.96. The third-order valence-corrected chi connectivity index (χ3v) is 4.34. The molecule has 2 aromatic carbocycles. The largest absolute Gasteiger partial charge is 0.496 e. The van der Waals surface area contributed by atoms with Gasteiger partial charge in [0.25, 0.3) is 0 Å². The van der Waals surface area contributed by atoms with Crippen LogP contribution < -0.4 is 4.74 Å². The van der Waals surface area contributed by atoms with Gasteiger partial charge in [0.2, 0.25) is 0 Å². The van der Waals surface area contributed by atoms with Gasteiger partial charge in [-0.1, -0.05) is 30.3 Å². The van der Waals surface area contributed by atoms with Crippen LogP contribution in [0.2, 0.25) is 0 Å². The lowest BCUT2D eigenvalue weighted by Crippen LogP contribution is -2.05. The lowest BCUT2D eigenvalue weighted by molar-refractivity contribution is 0.174. The van der Waals surface area contributed by atoms with Gasteiger partial charge in [0.1, 0.15) is 5.75 Å². The number of aliphatic hydroxyl groups excluding tert-OH is 1. The van der Waals surface area contributed by atoms with E-state index in [0.717, 1.165) is 16.9 Å². The summed E-state index contributed by atoms with van der Waals surface area (Å²) < 4.78 is 5.40. The summed E-state index contributed by atoms with van der Waals surface area (Å²) >= 11 is 0. The fraction of sp³-hybridized carbons (Fsp3) is 0.368. The highest BCUT2D eigenvalue weighted by molar-refractivity contribution is 5.40. The molecule has 110 valence electrons. The maximum atomic E-state index is 10.5. The average molecular weight is 282 g/mol. The number of aliphatic hydroxyl groups is 1. The molecule has 3 rings (SSSR count). The summed E-state index contributed by atoms with van der Waals surface area (Å²) in [5.74, 6) is 0.767. The topological polar surface area (TPSA) is 29.5 Å². The minimum Gasteiger partial charge on any atom is -0.496 e. The molecular weight excluding hydrogens is 260 g/mol. The van der Waals surface area contributed by atoms with Crippen molar-refractivity contribution in [2.45, 2.75) is 38.7 Å². The fourth-order valence-electron chi connectivity index (χ4n) is 3.18. The van der Waals surface area contributed by atoms with Crippen molar-refractivity contribution in [1.82, 2.24) is 0 Å². The van der Waals surface area contributed by atoms with Crippen molar-refractivity contribution in [3.63, 3.8) is 0 Å². The van der Waals surface area contributed by atoms with Crippen LogP contribution in [-0.2, 0) is 19.3 Å². The Morgan fingerprint density at radius 3 is 2.71 bits per heavy atom. The molecule has 0 spiro atoms. The van der Waals surface area contributed by atoms with Crippen LogP contribution in [0.1, 0.15) is 40.3 Å². The molecule has 0 saturated carbocycles. The summed E-state index contributed by atoms with van der Waals surface area (Å²) in [6, 6.07) is 12.6. The van der Waals surface area contributed by atoms with E-state index < -0.39 is 6.10 Å². The van der Waals surface area contributed by atoms with Crippen molar-refractivity contribution < 1.29 is 9.84 Å². The Balaban J connectivity index is 1.81. The van der Waals surface area contributed by atoms with E-state index in [1.807, 2.05) is 25.1 Å². The fourth-order valence-corrected chi connectivity index (χ4v) is 3.18. The van der Waals surface area contributed by atoms with Gasteiger partial charge in [-0.25, -0.2) is 0 Å². The van der Waals surface area contributed by atoms with Gasteiger partial charge in [-0.3, -0.25) is 0 Å². The van der Waals surface area contributed by atoms with E-state index in [9.17, 15) is 5.11 Å². The zero-order valence-corrected chi connectivity index (χ0v) is 12.7. The summed E-state index contributed by atoms with van der Waals surface area (Å²) in [5.41, 5.74) is 6.13. The zero-order valence-electron chi connectivity index (χ0n) is 12.7. The quantitative estimate of drug-likeness (QED) is 0.925.